The van der Waals surface area contributed by atoms with E-state index < -0.39 is 23.9 Å². The third kappa shape index (κ3) is 3.83. The van der Waals surface area contributed by atoms with Gasteiger partial charge in [0.15, 0.2) is 0 Å². The van der Waals surface area contributed by atoms with Crippen LogP contribution in [0, 0.1) is 0 Å². The van der Waals surface area contributed by atoms with Crippen molar-refractivity contribution in [3.05, 3.63) is 35.4 Å². The molecular formula is C12H18N4O2. The van der Waals surface area contributed by atoms with Crippen LogP contribution >= 0.6 is 0 Å². The molecule has 6 heteroatoms. The molecule has 0 saturated heterocycles. The molecule has 18 heavy (non-hydrogen) atoms. The molecule has 0 aromatic heterocycles. The Morgan fingerprint density at radius 1 is 0.889 bits per heavy atom. The van der Waals surface area contributed by atoms with Crippen molar-refractivity contribution in [1.29, 1.82) is 0 Å². The summed E-state index contributed by atoms with van der Waals surface area (Å²) in [5.41, 5.74) is 23.4. The molecule has 0 heterocycles. The van der Waals surface area contributed by atoms with Gasteiger partial charge in [-0.25, -0.2) is 0 Å². The molecule has 6 nitrogen and oxygen atoms in total. The van der Waals surface area contributed by atoms with Gasteiger partial charge in [-0.2, -0.15) is 0 Å². The Hall–Kier alpha value is -1.92. The van der Waals surface area contributed by atoms with Crippen LogP contribution in [0.3, 0.4) is 0 Å². The van der Waals surface area contributed by atoms with Crippen LogP contribution in [0.15, 0.2) is 24.3 Å². The maximum absolute atomic E-state index is 10.9. The van der Waals surface area contributed by atoms with Crippen LogP contribution in [0.2, 0.25) is 0 Å². The maximum Gasteiger partial charge on any atom is 0.219 e. The number of benzene rings is 1. The molecule has 0 radical (unpaired) electrons. The van der Waals surface area contributed by atoms with Gasteiger partial charge in [0.2, 0.25) is 11.8 Å². The molecule has 2 atom stereocenters. The highest BCUT2D eigenvalue weighted by atomic mass is 16.1. The summed E-state index contributed by atoms with van der Waals surface area (Å²) in [6.07, 6.45) is 0.0562. The van der Waals surface area contributed by atoms with Crippen molar-refractivity contribution < 1.29 is 9.59 Å². The van der Waals surface area contributed by atoms with Gasteiger partial charge in [-0.1, -0.05) is 24.3 Å². The van der Waals surface area contributed by atoms with E-state index in [0.717, 1.165) is 0 Å². The zero-order valence-corrected chi connectivity index (χ0v) is 10.0. The van der Waals surface area contributed by atoms with Crippen LogP contribution in [0.1, 0.15) is 36.1 Å². The first-order valence-corrected chi connectivity index (χ1v) is 5.58. The van der Waals surface area contributed by atoms with Crippen LogP contribution in [0.4, 0.5) is 0 Å². The molecule has 2 unspecified atom stereocenters. The summed E-state index contributed by atoms with van der Waals surface area (Å²) in [7, 11) is 0. The molecule has 8 N–H and O–H groups in total. The molecular weight excluding hydrogens is 232 g/mol. The Bertz CT molecular complexity index is 406. The van der Waals surface area contributed by atoms with E-state index in [9.17, 15) is 9.59 Å². The second-order valence-electron chi connectivity index (χ2n) is 4.18. The van der Waals surface area contributed by atoms with Crippen molar-refractivity contribution in [2.75, 3.05) is 0 Å². The van der Waals surface area contributed by atoms with Crippen molar-refractivity contribution in [1.82, 2.24) is 0 Å². The Balaban J connectivity index is 2.98. The summed E-state index contributed by atoms with van der Waals surface area (Å²) >= 11 is 0. The Morgan fingerprint density at radius 3 is 1.50 bits per heavy atom. The number of primary amides is 2. The van der Waals surface area contributed by atoms with Gasteiger partial charge in [0.1, 0.15) is 0 Å². The average molecular weight is 250 g/mol. The van der Waals surface area contributed by atoms with Gasteiger partial charge >= 0.3 is 0 Å². The predicted molar refractivity (Wildman–Crippen MR) is 67.9 cm³/mol. The lowest BCUT2D eigenvalue weighted by atomic mass is 9.92. The normalized spacial score (nSPS) is 13.9. The fraction of sp³-hybridized carbons (Fsp3) is 0.333. The summed E-state index contributed by atoms with van der Waals surface area (Å²) in [6, 6.07) is 6.05. The van der Waals surface area contributed by atoms with Crippen LogP contribution in [-0.4, -0.2) is 11.8 Å². The molecule has 0 spiro atoms. The number of amides is 2. The highest BCUT2D eigenvalue weighted by molar-refractivity contribution is 5.75. The second-order valence-corrected chi connectivity index (χ2v) is 4.18. The van der Waals surface area contributed by atoms with Crippen molar-refractivity contribution in [2.24, 2.45) is 22.9 Å². The lowest BCUT2D eigenvalue weighted by Crippen LogP contribution is -2.25. The molecule has 1 aromatic rings. The van der Waals surface area contributed by atoms with Crippen LogP contribution < -0.4 is 22.9 Å². The van der Waals surface area contributed by atoms with E-state index in [1.807, 2.05) is 0 Å². The fourth-order valence-corrected chi connectivity index (χ4v) is 1.84. The molecule has 98 valence electrons. The minimum atomic E-state index is -0.530. The molecule has 0 aliphatic carbocycles. The van der Waals surface area contributed by atoms with Gasteiger partial charge in [0.05, 0.1) is 0 Å². The molecule has 0 aliphatic rings. The second kappa shape index (κ2) is 6.13. The Kier molecular flexibility index (Phi) is 4.82. The SMILES string of the molecule is NC(=O)CC(N)c1ccccc1C(N)CC(N)=O. The first-order valence-electron chi connectivity index (χ1n) is 5.58. The highest BCUT2D eigenvalue weighted by Crippen LogP contribution is 2.24. The van der Waals surface area contributed by atoms with Gasteiger partial charge in [0.25, 0.3) is 0 Å². The first-order chi connectivity index (χ1) is 8.41. The number of carbonyl (C=O) groups excluding carboxylic acids is 2. The molecule has 0 fully saturated rings. The first kappa shape index (κ1) is 14.1. The smallest absolute Gasteiger partial charge is 0.219 e. The van der Waals surface area contributed by atoms with Crippen molar-refractivity contribution in [2.45, 2.75) is 24.9 Å². The van der Waals surface area contributed by atoms with Gasteiger partial charge in [-0.15, -0.1) is 0 Å². The predicted octanol–water partition coefficient (Wildman–Crippen LogP) is -0.563. The molecule has 0 aliphatic heterocycles. The minimum Gasteiger partial charge on any atom is -0.370 e. The summed E-state index contributed by atoms with van der Waals surface area (Å²) in [4.78, 5) is 21.8. The van der Waals surface area contributed by atoms with E-state index in [2.05, 4.69) is 0 Å². The number of hydrogen-bond acceptors (Lipinski definition) is 4. The van der Waals surface area contributed by atoms with Crippen molar-refractivity contribution in [3.63, 3.8) is 0 Å². The van der Waals surface area contributed by atoms with E-state index >= 15 is 0 Å². The standard InChI is InChI=1S/C12H18N4O2/c13-9(5-11(15)17)7-3-1-2-4-8(7)10(14)6-12(16)18/h1-4,9-10H,5-6,13-14H2,(H2,15,17)(H2,16,18). The van der Waals surface area contributed by atoms with Crippen LogP contribution in [0.25, 0.3) is 0 Å². The number of nitrogens with two attached hydrogens (primary N) is 4. The minimum absolute atomic E-state index is 0.0281. The van der Waals surface area contributed by atoms with Crippen LogP contribution in [-0.2, 0) is 9.59 Å². The molecule has 1 aromatic carbocycles. The summed E-state index contributed by atoms with van der Waals surface area (Å²) < 4.78 is 0. The molecule has 1 rings (SSSR count). The maximum atomic E-state index is 10.9. The number of rotatable bonds is 6. The topological polar surface area (TPSA) is 138 Å². The largest absolute Gasteiger partial charge is 0.370 e. The van der Waals surface area contributed by atoms with Crippen LogP contribution in [0.5, 0.6) is 0 Å². The lowest BCUT2D eigenvalue weighted by molar-refractivity contribution is -0.119. The third-order valence-electron chi connectivity index (χ3n) is 2.64. The van der Waals surface area contributed by atoms with Gasteiger partial charge in [0, 0.05) is 24.9 Å². The molecule has 0 bridgehead atoms. The van der Waals surface area contributed by atoms with Gasteiger partial charge < -0.3 is 22.9 Å². The lowest BCUT2D eigenvalue weighted by Gasteiger charge is -2.19. The van der Waals surface area contributed by atoms with Crippen molar-refractivity contribution >= 4 is 11.8 Å². The van der Waals surface area contributed by atoms with E-state index in [1.54, 1.807) is 24.3 Å². The Labute approximate surface area is 105 Å². The number of carbonyl (C=O) groups is 2. The monoisotopic (exact) mass is 250 g/mol. The van der Waals surface area contributed by atoms with E-state index in [-0.39, 0.29) is 12.8 Å². The average Bonchev–Trinajstić information content (AvgIpc) is 2.27. The van der Waals surface area contributed by atoms with Gasteiger partial charge in [-0.05, 0) is 11.1 Å². The van der Waals surface area contributed by atoms with E-state index in [0.29, 0.717) is 11.1 Å². The third-order valence-corrected chi connectivity index (χ3v) is 2.64. The zero-order chi connectivity index (χ0) is 13.7. The summed E-state index contributed by atoms with van der Waals surface area (Å²) in [5.74, 6) is -0.971. The summed E-state index contributed by atoms with van der Waals surface area (Å²) in [5, 5.41) is 0. The Morgan fingerprint density at radius 2 is 1.22 bits per heavy atom. The van der Waals surface area contributed by atoms with Crippen molar-refractivity contribution in [3.8, 4) is 0 Å². The van der Waals surface area contributed by atoms with Gasteiger partial charge in [-0.3, -0.25) is 9.59 Å². The summed E-state index contributed by atoms with van der Waals surface area (Å²) in [6.45, 7) is 0. The quantitative estimate of drug-likeness (QED) is 0.537. The van der Waals surface area contributed by atoms with E-state index in [1.165, 1.54) is 0 Å². The fourth-order valence-electron chi connectivity index (χ4n) is 1.84. The zero-order valence-electron chi connectivity index (χ0n) is 10.0. The molecule has 0 saturated carbocycles. The highest BCUT2D eigenvalue weighted by Gasteiger charge is 2.18. The van der Waals surface area contributed by atoms with E-state index in [4.69, 9.17) is 22.9 Å². The molecule has 2 amide bonds. The number of hydrogen-bond donors (Lipinski definition) is 4.